The first-order valence-corrected chi connectivity index (χ1v) is 6.18. The summed E-state index contributed by atoms with van der Waals surface area (Å²) in [5.41, 5.74) is 1.32. The van der Waals surface area contributed by atoms with Crippen LogP contribution in [0.4, 0.5) is 0 Å². The van der Waals surface area contributed by atoms with Gasteiger partial charge in [-0.25, -0.2) is 0 Å². The van der Waals surface area contributed by atoms with Crippen LogP contribution in [0.3, 0.4) is 0 Å². The molecule has 2 aromatic carbocycles. The number of rotatable bonds is 1. The molecule has 0 unspecified atom stereocenters. The number of hydrogen-bond acceptors (Lipinski definition) is 1. The Morgan fingerprint density at radius 3 is 1.28 bits per heavy atom. The molecule has 0 aliphatic carbocycles. The molecule has 2 rings (SSSR count). The Labute approximate surface area is 110 Å². The Balaban J connectivity index is 0.000000245. The maximum absolute atomic E-state index is 9.81. The van der Waals surface area contributed by atoms with Gasteiger partial charge in [0.15, 0.2) is 0 Å². The van der Waals surface area contributed by atoms with Crippen LogP contribution >= 0.6 is 0 Å². The zero-order valence-corrected chi connectivity index (χ0v) is 11.5. The van der Waals surface area contributed by atoms with Gasteiger partial charge in [0, 0.05) is 6.42 Å². The van der Waals surface area contributed by atoms with Crippen molar-refractivity contribution in [3.63, 3.8) is 0 Å². The van der Waals surface area contributed by atoms with Crippen molar-refractivity contribution in [3.8, 4) is 0 Å². The number of benzene rings is 2. The van der Waals surface area contributed by atoms with Crippen molar-refractivity contribution in [1.29, 1.82) is 0 Å². The zero-order valence-electron chi connectivity index (χ0n) is 11.5. The van der Waals surface area contributed by atoms with E-state index in [1.807, 2.05) is 61.5 Å². The third-order valence-corrected chi connectivity index (χ3v) is 2.11. The summed E-state index contributed by atoms with van der Waals surface area (Å²) in [6.45, 7) is 5.52. The molecule has 0 N–H and O–H groups in total. The van der Waals surface area contributed by atoms with Crippen LogP contribution in [-0.2, 0) is 4.79 Å². The number of hydrogen-bond donors (Lipinski definition) is 0. The molecule has 0 aliphatic heterocycles. The molecule has 0 atom stereocenters. The minimum atomic E-state index is 0.255. The molecule has 96 valence electrons. The SMILES string of the molecule is CCC(C)=O.Cc1ccccc1.c1ccccc1. The number of ketones is 1. The lowest BCUT2D eigenvalue weighted by Gasteiger charge is -1.82. The summed E-state index contributed by atoms with van der Waals surface area (Å²) in [6.07, 6.45) is 0.667. The molecule has 1 heteroatoms. The molecule has 0 aromatic heterocycles. The second kappa shape index (κ2) is 11.6. The van der Waals surface area contributed by atoms with Crippen LogP contribution < -0.4 is 0 Å². The van der Waals surface area contributed by atoms with Crippen LogP contribution in [0.5, 0.6) is 0 Å². The second-order valence-electron chi connectivity index (χ2n) is 3.86. The molecule has 2 aromatic rings. The van der Waals surface area contributed by atoms with Gasteiger partial charge in [0.2, 0.25) is 0 Å². The van der Waals surface area contributed by atoms with Gasteiger partial charge in [0.25, 0.3) is 0 Å². The molecule has 0 radical (unpaired) electrons. The zero-order chi connectivity index (χ0) is 13.6. The van der Waals surface area contributed by atoms with E-state index in [4.69, 9.17) is 0 Å². The highest BCUT2D eigenvalue weighted by Gasteiger charge is 1.77. The monoisotopic (exact) mass is 242 g/mol. The molecule has 0 fully saturated rings. The van der Waals surface area contributed by atoms with Crippen LogP contribution in [-0.4, -0.2) is 5.78 Å². The lowest BCUT2D eigenvalue weighted by molar-refractivity contribution is -0.116. The summed E-state index contributed by atoms with van der Waals surface area (Å²) in [6, 6.07) is 22.3. The summed E-state index contributed by atoms with van der Waals surface area (Å²) in [7, 11) is 0. The van der Waals surface area contributed by atoms with Crippen molar-refractivity contribution in [2.24, 2.45) is 0 Å². The van der Waals surface area contributed by atoms with Crippen molar-refractivity contribution in [2.45, 2.75) is 27.2 Å². The van der Waals surface area contributed by atoms with Gasteiger partial charge in [-0.05, 0) is 13.8 Å². The van der Waals surface area contributed by atoms with Gasteiger partial charge in [-0.15, -0.1) is 0 Å². The van der Waals surface area contributed by atoms with Gasteiger partial charge >= 0.3 is 0 Å². The predicted octanol–water partition coefficient (Wildman–Crippen LogP) is 4.67. The molecule has 18 heavy (non-hydrogen) atoms. The normalized spacial score (nSPS) is 8.17. The molecular weight excluding hydrogens is 220 g/mol. The van der Waals surface area contributed by atoms with Gasteiger partial charge in [-0.3, -0.25) is 0 Å². The standard InChI is InChI=1S/C7H8.C6H6.C4H8O/c1-7-5-3-2-4-6-7;1-2-4-6-5-3-1;1-3-4(2)5/h2-6H,1H3;1-6H;3H2,1-2H3. The van der Waals surface area contributed by atoms with E-state index in [2.05, 4.69) is 19.1 Å². The van der Waals surface area contributed by atoms with E-state index in [1.54, 1.807) is 6.92 Å². The minimum Gasteiger partial charge on any atom is -0.300 e. The average molecular weight is 242 g/mol. The lowest BCUT2D eigenvalue weighted by atomic mass is 10.2. The highest BCUT2D eigenvalue weighted by Crippen LogP contribution is 1.92. The summed E-state index contributed by atoms with van der Waals surface area (Å²) >= 11 is 0. The number of aryl methyl sites for hydroxylation is 1. The number of carbonyl (C=O) groups excluding carboxylic acids is 1. The maximum Gasteiger partial charge on any atom is 0.129 e. The Morgan fingerprint density at radius 1 is 0.833 bits per heavy atom. The third kappa shape index (κ3) is 12.2. The fourth-order valence-corrected chi connectivity index (χ4v) is 0.919. The van der Waals surface area contributed by atoms with E-state index >= 15 is 0 Å². The molecule has 0 saturated carbocycles. The largest absolute Gasteiger partial charge is 0.300 e. The first-order valence-electron chi connectivity index (χ1n) is 6.18. The van der Waals surface area contributed by atoms with Crippen molar-refractivity contribution < 1.29 is 4.79 Å². The van der Waals surface area contributed by atoms with Crippen molar-refractivity contribution in [2.75, 3.05) is 0 Å². The Kier molecular flexibility index (Phi) is 10.4. The first kappa shape index (κ1) is 16.1. The molecule has 0 aliphatic rings. The topological polar surface area (TPSA) is 17.1 Å². The fraction of sp³-hybridized carbons (Fsp3) is 0.235. The van der Waals surface area contributed by atoms with Gasteiger partial charge in [0.05, 0.1) is 0 Å². The second-order valence-corrected chi connectivity index (χ2v) is 3.86. The average Bonchev–Trinajstić information content (AvgIpc) is 2.43. The molecule has 0 spiro atoms. The summed E-state index contributed by atoms with van der Waals surface area (Å²) in [5, 5.41) is 0. The molecular formula is C17H22O. The Hall–Kier alpha value is -1.89. The quantitative estimate of drug-likeness (QED) is 0.710. The van der Waals surface area contributed by atoms with Crippen molar-refractivity contribution in [3.05, 3.63) is 72.3 Å². The van der Waals surface area contributed by atoms with Crippen LogP contribution in [0.15, 0.2) is 66.7 Å². The molecule has 0 bridgehead atoms. The van der Waals surface area contributed by atoms with E-state index in [0.717, 1.165) is 0 Å². The highest BCUT2D eigenvalue weighted by atomic mass is 16.1. The van der Waals surface area contributed by atoms with Crippen molar-refractivity contribution >= 4 is 5.78 Å². The van der Waals surface area contributed by atoms with E-state index in [0.29, 0.717) is 6.42 Å². The predicted molar refractivity (Wildman–Crippen MR) is 78.6 cm³/mol. The smallest absolute Gasteiger partial charge is 0.129 e. The van der Waals surface area contributed by atoms with E-state index in [-0.39, 0.29) is 5.78 Å². The third-order valence-electron chi connectivity index (χ3n) is 2.11. The maximum atomic E-state index is 9.81. The summed E-state index contributed by atoms with van der Waals surface area (Å²) in [4.78, 5) is 9.81. The van der Waals surface area contributed by atoms with Gasteiger partial charge in [0.1, 0.15) is 5.78 Å². The van der Waals surface area contributed by atoms with E-state index < -0.39 is 0 Å². The van der Waals surface area contributed by atoms with Crippen LogP contribution in [0.1, 0.15) is 25.8 Å². The molecule has 1 nitrogen and oxygen atoms in total. The van der Waals surface area contributed by atoms with Gasteiger partial charge in [-0.2, -0.15) is 0 Å². The minimum absolute atomic E-state index is 0.255. The Morgan fingerprint density at radius 2 is 1.11 bits per heavy atom. The summed E-state index contributed by atoms with van der Waals surface area (Å²) < 4.78 is 0. The van der Waals surface area contributed by atoms with Crippen LogP contribution in [0, 0.1) is 6.92 Å². The highest BCUT2D eigenvalue weighted by molar-refractivity contribution is 5.74. The molecule has 0 saturated heterocycles. The van der Waals surface area contributed by atoms with E-state index in [1.165, 1.54) is 5.56 Å². The lowest BCUT2D eigenvalue weighted by Crippen LogP contribution is -1.80. The van der Waals surface area contributed by atoms with Gasteiger partial charge in [-0.1, -0.05) is 79.2 Å². The molecule has 0 amide bonds. The van der Waals surface area contributed by atoms with Gasteiger partial charge < -0.3 is 4.79 Å². The van der Waals surface area contributed by atoms with Crippen LogP contribution in [0.2, 0.25) is 0 Å². The summed E-state index contributed by atoms with van der Waals surface area (Å²) in [5.74, 6) is 0.255. The fourth-order valence-electron chi connectivity index (χ4n) is 0.919. The molecule has 0 heterocycles. The first-order chi connectivity index (χ1) is 8.66. The van der Waals surface area contributed by atoms with Crippen LogP contribution in [0.25, 0.3) is 0 Å². The van der Waals surface area contributed by atoms with E-state index in [9.17, 15) is 4.79 Å². The van der Waals surface area contributed by atoms with Crippen molar-refractivity contribution in [1.82, 2.24) is 0 Å². The number of Topliss-reactive ketones (excluding diaryl/α,β-unsaturated/α-hetero) is 1. The number of carbonyl (C=O) groups is 1. The Bertz CT molecular complexity index is 366.